The van der Waals surface area contributed by atoms with Crippen molar-refractivity contribution in [3.8, 4) is 0 Å². The second-order valence-corrected chi connectivity index (χ2v) is 4.56. The summed E-state index contributed by atoms with van der Waals surface area (Å²) in [5, 5.41) is 0. The van der Waals surface area contributed by atoms with Gasteiger partial charge in [-0.05, 0) is 12.8 Å². The number of amides is 1. The van der Waals surface area contributed by atoms with Crippen molar-refractivity contribution in [1.29, 1.82) is 0 Å². The lowest BCUT2D eigenvalue weighted by molar-refractivity contribution is -0.162. The quantitative estimate of drug-likeness (QED) is 0.664. The van der Waals surface area contributed by atoms with E-state index in [2.05, 4.69) is 4.74 Å². The Morgan fingerprint density at radius 1 is 1.33 bits per heavy atom. The molecule has 1 amide bonds. The van der Waals surface area contributed by atoms with Gasteiger partial charge in [-0.3, -0.25) is 4.79 Å². The Hall–Kier alpha value is -1.14. The number of hydrogen-bond donors (Lipinski definition) is 0. The van der Waals surface area contributed by atoms with Gasteiger partial charge in [0.15, 0.2) is 6.10 Å². The summed E-state index contributed by atoms with van der Waals surface area (Å²) in [7, 11) is 1.32. The van der Waals surface area contributed by atoms with E-state index in [0.717, 1.165) is 19.4 Å². The van der Waals surface area contributed by atoms with E-state index in [0.29, 0.717) is 19.6 Å². The highest BCUT2D eigenvalue weighted by atomic mass is 16.6. The summed E-state index contributed by atoms with van der Waals surface area (Å²) < 4.78 is 15.3. The summed E-state index contributed by atoms with van der Waals surface area (Å²) in [6.45, 7) is 1.92. The van der Waals surface area contributed by atoms with Crippen molar-refractivity contribution >= 4 is 11.9 Å². The average molecular weight is 257 g/mol. The third-order valence-corrected chi connectivity index (χ3v) is 3.31. The van der Waals surface area contributed by atoms with E-state index < -0.39 is 12.1 Å². The Morgan fingerprint density at radius 3 is 2.83 bits per heavy atom. The average Bonchev–Trinajstić information content (AvgIpc) is 2.90. The van der Waals surface area contributed by atoms with Gasteiger partial charge in [-0.1, -0.05) is 0 Å². The highest BCUT2D eigenvalue weighted by molar-refractivity contribution is 5.79. The van der Waals surface area contributed by atoms with Gasteiger partial charge in [-0.15, -0.1) is 0 Å². The lowest BCUT2D eigenvalue weighted by atomic mass is 10.1. The van der Waals surface area contributed by atoms with E-state index in [9.17, 15) is 9.59 Å². The molecule has 2 saturated heterocycles. The standard InChI is InChI=1S/C12H19NO5/c1-16-12(15)10-8-13(4-6-18-10)11(14)7-9-3-2-5-17-9/h9-10H,2-8H2,1H3. The van der Waals surface area contributed by atoms with Crippen LogP contribution in [-0.2, 0) is 23.8 Å². The molecular formula is C12H19NO5. The number of morpholine rings is 1. The maximum absolute atomic E-state index is 12.0. The van der Waals surface area contributed by atoms with Gasteiger partial charge in [0.05, 0.1) is 32.8 Å². The maximum atomic E-state index is 12.0. The molecule has 0 radical (unpaired) electrons. The molecule has 2 heterocycles. The first-order valence-corrected chi connectivity index (χ1v) is 6.29. The van der Waals surface area contributed by atoms with E-state index in [1.165, 1.54) is 7.11 Å². The molecule has 0 spiro atoms. The van der Waals surface area contributed by atoms with Crippen molar-refractivity contribution in [1.82, 2.24) is 4.90 Å². The van der Waals surface area contributed by atoms with Gasteiger partial charge in [0, 0.05) is 13.2 Å². The van der Waals surface area contributed by atoms with Crippen LogP contribution in [0.2, 0.25) is 0 Å². The van der Waals surface area contributed by atoms with Crippen molar-refractivity contribution in [3.05, 3.63) is 0 Å². The topological polar surface area (TPSA) is 65.1 Å². The molecule has 0 bridgehead atoms. The van der Waals surface area contributed by atoms with Gasteiger partial charge in [-0.25, -0.2) is 4.79 Å². The second-order valence-electron chi connectivity index (χ2n) is 4.56. The first kappa shape index (κ1) is 13.3. The predicted octanol–water partition coefficient (Wildman–Crippen LogP) is -0.0441. The number of carbonyl (C=O) groups is 2. The van der Waals surface area contributed by atoms with Crippen LogP contribution in [0.1, 0.15) is 19.3 Å². The number of carbonyl (C=O) groups excluding carboxylic acids is 2. The first-order chi connectivity index (χ1) is 8.70. The lowest BCUT2D eigenvalue weighted by Gasteiger charge is -2.32. The third-order valence-electron chi connectivity index (χ3n) is 3.31. The molecule has 0 aromatic heterocycles. The molecule has 2 rings (SSSR count). The van der Waals surface area contributed by atoms with Crippen molar-refractivity contribution in [2.45, 2.75) is 31.5 Å². The molecule has 2 unspecified atom stereocenters. The van der Waals surface area contributed by atoms with Crippen LogP contribution in [0.15, 0.2) is 0 Å². The SMILES string of the molecule is COC(=O)C1CN(C(=O)CC2CCCO2)CCO1. The summed E-state index contributed by atoms with van der Waals surface area (Å²) in [5.41, 5.74) is 0. The van der Waals surface area contributed by atoms with Crippen LogP contribution in [-0.4, -0.2) is 62.4 Å². The minimum absolute atomic E-state index is 0.0269. The van der Waals surface area contributed by atoms with Crippen molar-refractivity contribution in [3.63, 3.8) is 0 Å². The molecule has 2 atom stereocenters. The minimum Gasteiger partial charge on any atom is -0.467 e. The maximum Gasteiger partial charge on any atom is 0.336 e. The number of nitrogens with zero attached hydrogens (tertiary/aromatic N) is 1. The van der Waals surface area contributed by atoms with Crippen LogP contribution in [0.4, 0.5) is 0 Å². The molecule has 2 aliphatic heterocycles. The van der Waals surface area contributed by atoms with Crippen molar-refractivity contribution < 1.29 is 23.8 Å². The zero-order valence-electron chi connectivity index (χ0n) is 10.6. The monoisotopic (exact) mass is 257 g/mol. The van der Waals surface area contributed by atoms with E-state index >= 15 is 0 Å². The Balaban J connectivity index is 1.83. The fourth-order valence-electron chi connectivity index (χ4n) is 2.28. The highest BCUT2D eigenvalue weighted by Crippen LogP contribution is 2.17. The summed E-state index contributed by atoms with van der Waals surface area (Å²) in [6, 6.07) is 0. The van der Waals surface area contributed by atoms with Crippen LogP contribution < -0.4 is 0 Å². The van der Waals surface area contributed by atoms with Crippen LogP contribution in [0.3, 0.4) is 0 Å². The normalized spacial score (nSPS) is 28.2. The van der Waals surface area contributed by atoms with E-state index in [1.54, 1.807) is 4.90 Å². The Labute approximate surface area is 106 Å². The van der Waals surface area contributed by atoms with Gasteiger partial charge in [0.1, 0.15) is 0 Å². The van der Waals surface area contributed by atoms with Gasteiger partial charge >= 0.3 is 5.97 Å². The minimum atomic E-state index is -0.655. The van der Waals surface area contributed by atoms with Crippen LogP contribution in [0.25, 0.3) is 0 Å². The fraction of sp³-hybridized carbons (Fsp3) is 0.833. The van der Waals surface area contributed by atoms with Gasteiger partial charge < -0.3 is 19.1 Å². The molecule has 0 aromatic carbocycles. The van der Waals surface area contributed by atoms with Crippen LogP contribution in [0, 0.1) is 0 Å². The zero-order chi connectivity index (χ0) is 13.0. The first-order valence-electron chi connectivity index (χ1n) is 6.29. The predicted molar refractivity (Wildman–Crippen MR) is 61.9 cm³/mol. The molecule has 0 aromatic rings. The molecule has 0 N–H and O–H groups in total. The Kier molecular flexibility index (Phi) is 4.54. The third kappa shape index (κ3) is 3.20. The smallest absolute Gasteiger partial charge is 0.336 e. The molecule has 6 heteroatoms. The van der Waals surface area contributed by atoms with Crippen LogP contribution >= 0.6 is 0 Å². The number of hydrogen-bond acceptors (Lipinski definition) is 5. The van der Waals surface area contributed by atoms with Crippen LogP contribution in [0.5, 0.6) is 0 Å². The summed E-state index contributed by atoms with van der Waals surface area (Å²) in [5.74, 6) is -0.399. The molecular weight excluding hydrogens is 238 g/mol. The van der Waals surface area contributed by atoms with Crippen molar-refractivity contribution in [2.24, 2.45) is 0 Å². The number of methoxy groups -OCH3 is 1. The van der Waals surface area contributed by atoms with Gasteiger partial charge in [-0.2, -0.15) is 0 Å². The molecule has 2 fully saturated rings. The Bertz CT molecular complexity index is 314. The molecule has 18 heavy (non-hydrogen) atoms. The van der Waals surface area contributed by atoms with Gasteiger partial charge in [0.2, 0.25) is 5.91 Å². The molecule has 6 nitrogen and oxygen atoms in total. The lowest BCUT2D eigenvalue weighted by Crippen LogP contribution is -2.49. The summed E-state index contributed by atoms with van der Waals surface area (Å²) >= 11 is 0. The van der Waals surface area contributed by atoms with E-state index in [-0.39, 0.29) is 18.6 Å². The number of ether oxygens (including phenoxy) is 3. The number of esters is 1. The number of rotatable bonds is 3. The largest absolute Gasteiger partial charge is 0.467 e. The fourth-order valence-corrected chi connectivity index (χ4v) is 2.28. The summed E-state index contributed by atoms with van der Waals surface area (Å²) in [6.07, 6.45) is 1.74. The van der Waals surface area contributed by atoms with E-state index in [1.807, 2.05) is 0 Å². The Morgan fingerprint density at radius 2 is 2.17 bits per heavy atom. The molecule has 0 saturated carbocycles. The second kappa shape index (κ2) is 6.15. The summed E-state index contributed by atoms with van der Waals surface area (Å²) in [4.78, 5) is 25.1. The molecule has 102 valence electrons. The zero-order valence-corrected chi connectivity index (χ0v) is 10.6. The van der Waals surface area contributed by atoms with E-state index in [4.69, 9.17) is 9.47 Å². The van der Waals surface area contributed by atoms with Crippen molar-refractivity contribution in [2.75, 3.05) is 33.4 Å². The van der Waals surface area contributed by atoms with Gasteiger partial charge in [0.25, 0.3) is 0 Å². The molecule has 2 aliphatic rings. The molecule has 0 aliphatic carbocycles. The highest BCUT2D eigenvalue weighted by Gasteiger charge is 2.31.